The van der Waals surface area contributed by atoms with Crippen LogP contribution in [0.3, 0.4) is 0 Å². The van der Waals surface area contributed by atoms with Crippen LogP contribution in [0.25, 0.3) is 0 Å². The van der Waals surface area contributed by atoms with Crippen molar-refractivity contribution in [1.29, 1.82) is 0 Å². The van der Waals surface area contributed by atoms with Gasteiger partial charge in [-0.3, -0.25) is 14.2 Å². The Morgan fingerprint density at radius 2 is 0.926 bits per heavy atom. The average Bonchev–Trinajstić information content (AvgIpc) is 3.12. The summed E-state index contributed by atoms with van der Waals surface area (Å²) in [6.07, 6.45) is 40.1. The van der Waals surface area contributed by atoms with E-state index in [1.54, 1.807) is 0 Å². The highest BCUT2D eigenvalue weighted by atomic mass is 31.2. The molecule has 318 valence electrons. The van der Waals surface area contributed by atoms with Gasteiger partial charge >= 0.3 is 19.5 Å². The smallest absolute Gasteiger partial charge is 0.385 e. The van der Waals surface area contributed by atoms with Crippen LogP contribution in [0, 0.1) is 0 Å². The Morgan fingerprint density at radius 3 is 1.31 bits per heavy atom. The van der Waals surface area contributed by atoms with Crippen LogP contribution in [0.1, 0.15) is 207 Å². The maximum atomic E-state index is 13.2. The Morgan fingerprint density at radius 1 is 0.556 bits per heavy atom. The molecule has 0 rings (SSSR count). The Labute approximate surface area is 333 Å². The summed E-state index contributed by atoms with van der Waals surface area (Å²) in [5.41, 5.74) is 0. The number of hydrogen-bond acceptors (Lipinski definition) is 6. The number of allylic oxidation sites excluding steroid dienone is 4. The van der Waals surface area contributed by atoms with Crippen molar-refractivity contribution in [3.05, 3.63) is 24.3 Å². The molecule has 0 bridgehead atoms. The van der Waals surface area contributed by atoms with Gasteiger partial charge in [-0.25, -0.2) is 0 Å². The molecule has 0 aliphatic heterocycles. The van der Waals surface area contributed by atoms with Crippen molar-refractivity contribution in [2.24, 2.45) is 0 Å². The lowest BCUT2D eigenvalue weighted by Gasteiger charge is -2.35. The zero-order valence-corrected chi connectivity index (χ0v) is 37.1. The molecule has 2 unspecified atom stereocenters. The van der Waals surface area contributed by atoms with Gasteiger partial charge in [0.2, 0.25) is 0 Å². The molecule has 0 radical (unpaired) electrons. The molecule has 54 heavy (non-hydrogen) atoms. The minimum absolute atomic E-state index is 0.191. The number of hydrogen-bond donors (Lipinski definition) is 1. The average molecular weight is 785 g/mol. The Bertz CT molecular complexity index is 993. The van der Waals surface area contributed by atoms with Gasteiger partial charge in [0, 0.05) is 19.3 Å². The van der Waals surface area contributed by atoms with Gasteiger partial charge in [0.25, 0.3) is 0 Å². The lowest BCUT2D eigenvalue weighted by molar-refractivity contribution is -0.883. The number of nitrogens with zero attached hydrogens (tertiary/aromatic N) is 1. The van der Waals surface area contributed by atoms with E-state index in [0.29, 0.717) is 19.3 Å². The SMILES string of the molecule is CCCCCCCC/C=C\CCCCCCCC(=O)OC[C@H](COP(=O)(O)C(CC)[N+](C)(C)C)OC(=O)CCCCCCC/C=C\CCCCCCCC. The van der Waals surface area contributed by atoms with E-state index in [1.165, 1.54) is 96.3 Å². The second-order valence-electron chi connectivity index (χ2n) is 16.3. The molecule has 0 spiro atoms. The highest BCUT2D eigenvalue weighted by molar-refractivity contribution is 7.53. The standard InChI is InChI=1S/C45H86NO7P/c1-7-10-12-14-16-18-20-22-24-26-28-30-32-34-36-38-44(47)51-40-42(41-52-54(49,50)43(9-3)46(4,5)6)53-45(48)39-37-35-33-31-29-27-25-23-21-19-17-15-13-11-8-2/h22-25,42-43H,7-21,26-41H2,1-6H3/p+1/b24-22-,25-23-/t42-,43?/m1/s1. The molecule has 0 heterocycles. The van der Waals surface area contributed by atoms with Gasteiger partial charge in [-0.2, -0.15) is 0 Å². The quantitative estimate of drug-likeness (QED) is 0.0218. The maximum absolute atomic E-state index is 13.2. The number of esters is 2. The van der Waals surface area contributed by atoms with Crippen molar-refractivity contribution in [2.75, 3.05) is 34.4 Å². The van der Waals surface area contributed by atoms with Gasteiger partial charge in [0.15, 0.2) is 11.9 Å². The van der Waals surface area contributed by atoms with Crippen LogP contribution in [0.5, 0.6) is 0 Å². The molecule has 1 N–H and O–H groups in total. The van der Waals surface area contributed by atoms with E-state index in [-0.39, 0.29) is 30.1 Å². The van der Waals surface area contributed by atoms with Crippen molar-refractivity contribution in [1.82, 2.24) is 0 Å². The molecule has 8 nitrogen and oxygen atoms in total. The highest BCUT2D eigenvalue weighted by Crippen LogP contribution is 2.51. The molecule has 0 aromatic rings. The summed E-state index contributed by atoms with van der Waals surface area (Å²) in [7, 11) is 1.51. The number of unbranched alkanes of at least 4 members (excludes halogenated alkanes) is 22. The third-order valence-corrected chi connectivity index (χ3v) is 12.4. The summed E-state index contributed by atoms with van der Waals surface area (Å²) in [5.74, 6) is -1.38. The third-order valence-electron chi connectivity index (χ3n) is 10.1. The third kappa shape index (κ3) is 32.7. The van der Waals surface area contributed by atoms with Crippen LogP contribution >= 0.6 is 7.60 Å². The second-order valence-corrected chi connectivity index (χ2v) is 18.3. The van der Waals surface area contributed by atoms with Crippen LogP contribution < -0.4 is 0 Å². The molecule has 0 fully saturated rings. The number of carbonyl (C=O) groups excluding carboxylic acids is 2. The van der Waals surface area contributed by atoms with Crippen LogP contribution in [0.15, 0.2) is 24.3 Å². The van der Waals surface area contributed by atoms with E-state index in [9.17, 15) is 19.0 Å². The predicted molar refractivity (Wildman–Crippen MR) is 228 cm³/mol. The van der Waals surface area contributed by atoms with Crippen molar-refractivity contribution in [3.8, 4) is 0 Å². The summed E-state index contributed by atoms with van der Waals surface area (Å²) in [4.78, 5) is 36.1. The molecule has 3 atom stereocenters. The number of carbonyl (C=O) groups is 2. The van der Waals surface area contributed by atoms with E-state index < -0.39 is 25.5 Å². The fourth-order valence-corrected chi connectivity index (χ4v) is 8.68. The maximum Gasteiger partial charge on any atom is 0.385 e. The molecular formula is C45H87NO7P+. The first-order valence-electron chi connectivity index (χ1n) is 22.4. The normalized spacial score (nSPS) is 14.4. The fraction of sp³-hybridized carbons (Fsp3) is 0.867. The van der Waals surface area contributed by atoms with Crippen LogP contribution in [-0.2, 0) is 28.2 Å². The molecule has 0 saturated heterocycles. The minimum Gasteiger partial charge on any atom is -0.462 e. The summed E-state index contributed by atoms with van der Waals surface area (Å²) in [6.45, 7) is 5.86. The molecule has 0 aromatic carbocycles. The van der Waals surface area contributed by atoms with E-state index in [1.807, 2.05) is 28.1 Å². The lowest BCUT2D eigenvalue weighted by atomic mass is 10.1. The first-order valence-corrected chi connectivity index (χ1v) is 24.1. The van der Waals surface area contributed by atoms with Gasteiger partial charge in [0.05, 0.1) is 27.7 Å². The zero-order chi connectivity index (χ0) is 40.2. The van der Waals surface area contributed by atoms with Crippen molar-refractivity contribution in [3.63, 3.8) is 0 Å². The minimum atomic E-state index is -4.04. The summed E-state index contributed by atoms with van der Waals surface area (Å²) in [6, 6.07) is 0. The highest BCUT2D eigenvalue weighted by Gasteiger charge is 2.42. The molecule has 9 heteroatoms. The van der Waals surface area contributed by atoms with E-state index in [2.05, 4.69) is 38.2 Å². The molecule has 0 aromatic heterocycles. The van der Waals surface area contributed by atoms with Gasteiger partial charge < -0.3 is 23.4 Å². The summed E-state index contributed by atoms with van der Waals surface area (Å²) in [5, 5.41) is 0. The number of ether oxygens (including phenoxy) is 2. The molecular weight excluding hydrogens is 697 g/mol. The fourth-order valence-electron chi connectivity index (χ4n) is 6.79. The summed E-state index contributed by atoms with van der Waals surface area (Å²) < 4.78 is 30.1. The zero-order valence-electron chi connectivity index (χ0n) is 36.2. The van der Waals surface area contributed by atoms with E-state index in [0.717, 1.165) is 64.2 Å². The van der Waals surface area contributed by atoms with Gasteiger partial charge in [0.1, 0.15) is 6.61 Å². The first-order chi connectivity index (χ1) is 26.0. The Balaban J connectivity index is 4.48. The van der Waals surface area contributed by atoms with Crippen molar-refractivity contribution >= 4 is 19.5 Å². The van der Waals surface area contributed by atoms with Crippen molar-refractivity contribution in [2.45, 2.75) is 219 Å². The number of rotatable bonds is 39. The van der Waals surface area contributed by atoms with Gasteiger partial charge in [-0.15, -0.1) is 0 Å². The second kappa shape index (κ2) is 35.9. The first kappa shape index (κ1) is 52.5. The molecule has 0 aliphatic carbocycles. The molecule has 0 amide bonds. The largest absolute Gasteiger partial charge is 0.462 e. The van der Waals surface area contributed by atoms with E-state index >= 15 is 0 Å². The van der Waals surface area contributed by atoms with Gasteiger partial charge in [-0.05, 0) is 64.2 Å². The lowest BCUT2D eigenvalue weighted by Crippen LogP contribution is -2.45. The molecule has 0 aliphatic rings. The van der Waals surface area contributed by atoms with Gasteiger partial charge in [-0.1, -0.05) is 148 Å². The van der Waals surface area contributed by atoms with Crippen LogP contribution in [0.2, 0.25) is 0 Å². The molecule has 0 saturated carbocycles. The monoisotopic (exact) mass is 785 g/mol. The van der Waals surface area contributed by atoms with Crippen LogP contribution in [0.4, 0.5) is 0 Å². The Hall–Kier alpha value is -1.47. The number of quaternary nitrogens is 1. The Kier molecular flexibility index (Phi) is 34.9. The van der Waals surface area contributed by atoms with Crippen molar-refractivity contribution < 1.29 is 37.5 Å². The predicted octanol–water partition coefficient (Wildman–Crippen LogP) is 13.2. The summed E-state index contributed by atoms with van der Waals surface area (Å²) >= 11 is 0. The van der Waals surface area contributed by atoms with Crippen LogP contribution in [-0.4, -0.2) is 67.6 Å². The topological polar surface area (TPSA) is 99.1 Å². The van der Waals surface area contributed by atoms with E-state index in [4.69, 9.17) is 14.0 Å².